The van der Waals surface area contributed by atoms with E-state index in [2.05, 4.69) is 60.9 Å². The number of rotatable bonds is 7. The maximum atomic E-state index is 11.2. The minimum absolute atomic E-state index is 0.164. The zero-order valence-electron chi connectivity index (χ0n) is 15.7. The molecular formula is C22H29NO2S. The van der Waals surface area contributed by atoms with Crippen molar-refractivity contribution in [2.24, 2.45) is 5.92 Å². The number of benzene rings is 1. The molecule has 0 bridgehead atoms. The van der Waals surface area contributed by atoms with E-state index in [1.807, 2.05) is 0 Å². The molecule has 2 atom stereocenters. The van der Waals surface area contributed by atoms with Crippen molar-refractivity contribution in [3.8, 4) is 0 Å². The third-order valence-electron chi connectivity index (χ3n) is 5.76. The molecule has 1 aliphatic carbocycles. The molecule has 0 amide bonds. The summed E-state index contributed by atoms with van der Waals surface area (Å²) >= 11 is 1.78. The Hall–Kier alpha value is -1.65. The fourth-order valence-corrected chi connectivity index (χ4v) is 4.61. The summed E-state index contributed by atoms with van der Waals surface area (Å²) in [6.45, 7) is 4.49. The Morgan fingerprint density at radius 2 is 1.81 bits per heavy atom. The van der Waals surface area contributed by atoms with Gasteiger partial charge in [-0.15, -0.1) is 11.3 Å². The zero-order valence-corrected chi connectivity index (χ0v) is 16.5. The SMILES string of the molecule is CCC(C)c1ccc(C(NC2CCC(C(=O)O)CC2)c2cccs2)cc1. The average molecular weight is 372 g/mol. The maximum Gasteiger partial charge on any atom is 0.306 e. The number of carboxylic acids is 1. The molecule has 2 N–H and O–H groups in total. The molecule has 0 aliphatic heterocycles. The van der Waals surface area contributed by atoms with E-state index in [4.69, 9.17) is 0 Å². The molecule has 0 radical (unpaired) electrons. The van der Waals surface area contributed by atoms with Gasteiger partial charge in [0.05, 0.1) is 12.0 Å². The van der Waals surface area contributed by atoms with Gasteiger partial charge >= 0.3 is 5.97 Å². The molecule has 1 aromatic carbocycles. The van der Waals surface area contributed by atoms with Crippen molar-refractivity contribution >= 4 is 17.3 Å². The molecule has 2 aromatic rings. The summed E-state index contributed by atoms with van der Waals surface area (Å²) in [5.41, 5.74) is 2.68. The third-order valence-corrected chi connectivity index (χ3v) is 6.69. The molecule has 3 rings (SSSR count). The largest absolute Gasteiger partial charge is 0.481 e. The Labute approximate surface area is 160 Å². The Morgan fingerprint density at radius 3 is 2.35 bits per heavy atom. The first kappa shape index (κ1) is 19.1. The molecule has 140 valence electrons. The number of aliphatic carboxylic acids is 1. The van der Waals surface area contributed by atoms with Crippen LogP contribution in [-0.4, -0.2) is 17.1 Å². The second-order valence-electron chi connectivity index (χ2n) is 7.48. The maximum absolute atomic E-state index is 11.2. The van der Waals surface area contributed by atoms with E-state index in [0.717, 1.165) is 32.1 Å². The van der Waals surface area contributed by atoms with Gasteiger partial charge < -0.3 is 10.4 Å². The van der Waals surface area contributed by atoms with Crippen LogP contribution >= 0.6 is 11.3 Å². The van der Waals surface area contributed by atoms with Gasteiger partial charge in [-0.3, -0.25) is 4.79 Å². The van der Waals surface area contributed by atoms with Crippen molar-refractivity contribution in [3.63, 3.8) is 0 Å². The molecule has 3 nitrogen and oxygen atoms in total. The number of carbonyl (C=O) groups is 1. The predicted octanol–water partition coefficient (Wildman–Crippen LogP) is 5.58. The van der Waals surface area contributed by atoms with Crippen molar-refractivity contribution in [3.05, 3.63) is 57.8 Å². The highest BCUT2D eigenvalue weighted by molar-refractivity contribution is 7.10. The van der Waals surface area contributed by atoms with Crippen molar-refractivity contribution in [2.75, 3.05) is 0 Å². The van der Waals surface area contributed by atoms with Crippen molar-refractivity contribution in [1.82, 2.24) is 5.32 Å². The van der Waals surface area contributed by atoms with E-state index in [1.165, 1.54) is 16.0 Å². The fraction of sp³-hybridized carbons (Fsp3) is 0.500. The molecule has 26 heavy (non-hydrogen) atoms. The van der Waals surface area contributed by atoms with E-state index < -0.39 is 5.97 Å². The van der Waals surface area contributed by atoms with Gasteiger partial charge in [0.15, 0.2) is 0 Å². The summed E-state index contributed by atoms with van der Waals surface area (Å²) in [5, 5.41) is 15.1. The Balaban J connectivity index is 1.73. The van der Waals surface area contributed by atoms with Gasteiger partial charge in [0.2, 0.25) is 0 Å². The van der Waals surface area contributed by atoms with Gasteiger partial charge in [0.1, 0.15) is 0 Å². The highest BCUT2D eigenvalue weighted by Gasteiger charge is 2.28. The van der Waals surface area contributed by atoms with Crippen molar-refractivity contribution < 1.29 is 9.90 Å². The van der Waals surface area contributed by atoms with Crippen LogP contribution in [0.3, 0.4) is 0 Å². The smallest absolute Gasteiger partial charge is 0.306 e. The number of hydrogen-bond acceptors (Lipinski definition) is 3. The van der Waals surface area contributed by atoms with E-state index in [0.29, 0.717) is 12.0 Å². The van der Waals surface area contributed by atoms with Crippen LogP contribution in [0.15, 0.2) is 41.8 Å². The Morgan fingerprint density at radius 1 is 1.15 bits per heavy atom. The molecule has 0 spiro atoms. The molecule has 1 aliphatic rings. The average Bonchev–Trinajstić information content (AvgIpc) is 3.20. The zero-order chi connectivity index (χ0) is 18.5. The summed E-state index contributed by atoms with van der Waals surface area (Å²) in [6, 6.07) is 13.9. The van der Waals surface area contributed by atoms with E-state index >= 15 is 0 Å². The van der Waals surface area contributed by atoms with Gasteiger partial charge in [0.25, 0.3) is 0 Å². The lowest BCUT2D eigenvalue weighted by Crippen LogP contribution is -2.37. The van der Waals surface area contributed by atoms with Gasteiger partial charge in [0, 0.05) is 10.9 Å². The number of nitrogens with one attached hydrogen (secondary N) is 1. The predicted molar refractivity (Wildman–Crippen MR) is 108 cm³/mol. The third kappa shape index (κ3) is 4.54. The van der Waals surface area contributed by atoms with Crippen LogP contribution in [0, 0.1) is 5.92 Å². The quantitative estimate of drug-likeness (QED) is 0.667. The molecule has 0 saturated heterocycles. The fourth-order valence-electron chi connectivity index (χ4n) is 3.79. The summed E-state index contributed by atoms with van der Waals surface area (Å²) in [7, 11) is 0. The topological polar surface area (TPSA) is 49.3 Å². The minimum Gasteiger partial charge on any atom is -0.481 e. The highest BCUT2D eigenvalue weighted by Crippen LogP contribution is 2.31. The summed E-state index contributed by atoms with van der Waals surface area (Å²) < 4.78 is 0. The standard InChI is InChI=1S/C22H29NO2S/c1-3-15(2)16-6-8-17(9-7-16)21(20-5-4-14-26-20)23-19-12-10-18(11-13-19)22(24)25/h4-9,14-15,18-19,21,23H,3,10-13H2,1-2H3,(H,24,25). The van der Waals surface area contributed by atoms with Crippen molar-refractivity contribution in [2.45, 2.75) is 64.0 Å². The van der Waals surface area contributed by atoms with Crippen molar-refractivity contribution in [1.29, 1.82) is 0 Å². The first-order valence-corrected chi connectivity index (χ1v) is 10.6. The van der Waals surface area contributed by atoms with Gasteiger partial charge in [-0.25, -0.2) is 0 Å². The number of thiophene rings is 1. The minimum atomic E-state index is -0.640. The Kier molecular flexibility index (Phi) is 6.49. The second-order valence-corrected chi connectivity index (χ2v) is 8.46. The molecule has 1 fully saturated rings. The van der Waals surface area contributed by atoms with Crippen LogP contribution in [0.4, 0.5) is 0 Å². The monoisotopic (exact) mass is 371 g/mol. The summed E-state index contributed by atoms with van der Waals surface area (Å²) in [5.74, 6) is -0.217. The molecule has 2 unspecified atom stereocenters. The lowest BCUT2D eigenvalue weighted by molar-refractivity contribution is -0.142. The normalized spacial score (nSPS) is 22.7. The lowest BCUT2D eigenvalue weighted by Gasteiger charge is -2.31. The lowest BCUT2D eigenvalue weighted by atomic mass is 9.85. The molecule has 1 heterocycles. The molecular weight excluding hydrogens is 342 g/mol. The first-order chi connectivity index (χ1) is 12.6. The molecule has 1 aromatic heterocycles. The number of carboxylic acid groups (broad SMARTS) is 1. The van der Waals surface area contributed by atoms with Gasteiger partial charge in [-0.2, -0.15) is 0 Å². The van der Waals surface area contributed by atoms with Crippen LogP contribution in [0.1, 0.15) is 73.9 Å². The number of hydrogen-bond donors (Lipinski definition) is 2. The van der Waals surface area contributed by atoms with E-state index in [-0.39, 0.29) is 12.0 Å². The van der Waals surface area contributed by atoms with Crippen LogP contribution in [-0.2, 0) is 4.79 Å². The second kappa shape index (κ2) is 8.83. The van der Waals surface area contributed by atoms with Crippen LogP contribution in [0.25, 0.3) is 0 Å². The van der Waals surface area contributed by atoms with Crippen LogP contribution < -0.4 is 5.32 Å². The summed E-state index contributed by atoms with van der Waals surface area (Å²) in [6.07, 6.45) is 4.57. The van der Waals surface area contributed by atoms with E-state index in [9.17, 15) is 9.90 Å². The van der Waals surface area contributed by atoms with Gasteiger partial charge in [-0.05, 0) is 60.6 Å². The first-order valence-electron chi connectivity index (χ1n) is 9.70. The summed E-state index contributed by atoms with van der Waals surface area (Å²) in [4.78, 5) is 12.5. The molecule has 1 saturated carbocycles. The van der Waals surface area contributed by atoms with E-state index in [1.54, 1.807) is 11.3 Å². The van der Waals surface area contributed by atoms with Crippen LogP contribution in [0.2, 0.25) is 0 Å². The Bertz CT molecular complexity index is 687. The van der Waals surface area contributed by atoms with Crippen LogP contribution in [0.5, 0.6) is 0 Å². The van der Waals surface area contributed by atoms with Gasteiger partial charge in [-0.1, -0.05) is 44.2 Å². The molecule has 4 heteroatoms. The highest BCUT2D eigenvalue weighted by atomic mass is 32.1.